The van der Waals surface area contributed by atoms with Crippen molar-refractivity contribution in [1.29, 1.82) is 0 Å². The maximum atomic E-state index is 12.7. The van der Waals surface area contributed by atoms with E-state index in [1.165, 1.54) is 4.90 Å². The van der Waals surface area contributed by atoms with Gasteiger partial charge in [0.15, 0.2) is 5.11 Å². The van der Waals surface area contributed by atoms with Crippen molar-refractivity contribution in [3.8, 4) is 11.5 Å². The molecule has 0 aliphatic carbocycles. The first-order valence-corrected chi connectivity index (χ1v) is 7.69. The molecule has 1 fully saturated rings. The second-order valence-electron chi connectivity index (χ2n) is 5.07. The van der Waals surface area contributed by atoms with Crippen LogP contribution in [0.4, 0.5) is 5.69 Å². The Morgan fingerprint density at radius 1 is 1.08 bits per heavy atom. The van der Waals surface area contributed by atoms with Crippen molar-refractivity contribution < 1.29 is 14.3 Å². The summed E-state index contributed by atoms with van der Waals surface area (Å²) < 4.78 is 10.5. The van der Waals surface area contributed by atoms with E-state index in [1.807, 2.05) is 42.5 Å². The number of carbonyl (C=O) groups excluding carboxylic acids is 1. The van der Waals surface area contributed by atoms with E-state index in [-0.39, 0.29) is 5.91 Å². The molecular weight excluding hydrogens is 324 g/mol. The van der Waals surface area contributed by atoms with Gasteiger partial charge in [-0.3, -0.25) is 9.69 Å². The van der Waals surface area contributed by atoms with Gasteiger partial charge < -0.3 is 14.8 Å². The molecule has 0 aromatic heterocycles. The van der Waals surface area contributed by atoms with E-state index < -0.39 is 0 Å². The van der Waals surface area contributed by atoms with E-state index in [9.17, 15) is 4.79 Å². The minimum atomic E-state index is -0.205. The monoisotopic (exact) mass is 340 g/mol. The Morgan fingerprint density at radius 2 is 1.83 bits per heavy atom. The van der Waals surface area contributed by atoms with Gasteiger partial charge in [0.25, 0.3) is 5.91 Å². The van der Waals surface area contributed by atoms with Gasteiger partial charge in [0.1, 0.15) is 17.2 Å². The highest BCUT2D eigenvalue weighted by Gasteiger charge is 2.31. The highest BCUT2D eigenvalue weighted by atomic mass is 32.1. The Balaban J connectivity index is 1.95. The average Bonchev–Trinajstić information content (AvgIpc) is 2.89. The zero-order valence-corrected chi connectivity index (χ0v) is 14.1. The van der Waals surface area contributed by atoms with Crippen molar-refractivity contribution in [3.63, 3.8) is 0 Å². The maximum Gasteiger partial charge on any atom is 0.281 e. The SMILES string of the molecule is COc1ccc(C=C2NC(=S)N(c3ccccc3)C2=O)c(OC)c1. The van der Waals surface area contributed by atoms with E-state index >= 15 is 0 Å². The van der Waals surface area contributed by atoms with Crippen molar-refractivity contribution in [2.24, 2.45) is 0 Å². The van der Waals surface area contributed by atoms with Crippen LogP contribution in [0.25, 0.3) is 6.08 Å². The molecule has 1 N–H and O–H groups in total. The number of carbonyl (C=O) groups is 1. The average molecular weight is 340 g/mol. The lowest BCUT2D eigenvalue weighted by Crippen LogP contribution is -2.30. The molecule has 0 unspecified atom stereocenters. The van der Waals surface area contributed by atoms with Crippen LogP contribution in [0.15, 0.2) is 54.2 Å². The minimum absolute atomic E-state index is 0.205. The molecule has 2 aromatic carbocycles. The molecule has 1 aliphatic heterocycles. The lowest BCUT2D eigenvalue weighted by Gasteiger charge is -2.13. The summed E-state index contributed by atoms with van der Waals surface area (Å²) in [7, 11) is 3.16. The number of thiocarbonyl (C=S) groups is 1. The molecule has 2 aromatic rings. The lowest BCUT2D eigenvalue weighted by molar-refractivity contribution is -0.113. The van der Waals surface area contributed by atoms with Gasteiger partial charge in [-0.15, -0.1) is 0 Å². The van der Waals surface area contributed by atoms with Crippen LogP contribution in [0.5, 0.6) is 11.5 Å². The number of ether oxygens (including phenoxy) is 2. The van der Waals surface area contributed by atoms with Gasteiger partial charge in [0.2, 0.25) is 0 Å². The predicted molar refractivity (Wildman–Crippen MR) is 97.2 cm³/mol. The highest BCUT2D eigenvalue weighted by molar-refractivity contribution is 7.80. The second-order valence-corrected chi connectivity index (χ2v) is 5.46. The molecule has 1 aliphatic rings. The molecule has 24 heavy (non-hydrogen) atoms. The number of nitrogens with zero attached hydrogens (tertiary/aromatic N) is 1. The molecule has 0 spiro atoms. The summed E-state index contributed by atoms with van der Waals surface area (Å²) >= 11 is 5.30. The summed E-state index contributed by atoms with van der Waals surface area (Å²) in [6, 6.07) is 14.7. The van der Waals surface area contributed by atoms with Crippen molar-refractivity contribution in [2.45, 2.75) is 0 Å². The molecule has 0 saturated carbocycles. The van der Waals surface area contributed by atoms with E-state index in [1.54, 1.807) is 26.4 Å². The number of nitrogens with one attached hydrogen (secondary N) is 1. The largest absolute Gasteiger partial charge is 0.497 e. The molecule has 1 saturated heterocycles. The number of benzene rings is 2. The smallest absolute Gasteiger partial charge is 0.281 e. The van der Waals surface area contributed by atoms with Crippen LogP contribution in [0.1, 0.15) is 5.56 Å². The fourth-order valence-electron chi connectivity index (χ4n) is 2.44. The molecule has 6 heteroatoms. The Labute approximate surface area is 145 Å². The summed E-state index contributed by atoms with van der Waals surface area (Å²) in [4.78, 5) is 14.2. The molecule has 3 rings (SSSR count). The van der Waals surface area contributed by atoms with Crippen LogP contribution in [-0.4, -0.2) is 25.2 Å². The number of hydrogen-bond acceptors (Lipinski definition) is 4. The summed E-state index contributed by atoms with van der Waals surface area (Å²) in [5.74, 6) is 1.09. The van der Waals surface area contributed by atoms with Crippen LogP contribution in [-0.2, 0) is 4.79 Å². The Bertz CT molecular complexity index is 818. The van der Waals surface area contributed by atoms with Gasteiger partial charge in [0.05, 0.1) is 19.9 Å². The number of anilines is 1. The Hall–Kier alpha value is -2.86. The number of methoxy groups -OCH3 is 2. The highest BCUT2D eigenvalue weighted by Crippen LogP contribution is 2.28. The third-order valence-electron chi connectivity index (χ3n) is 3.63. The topological polar surface area (TPSA) is 50.8 Å². The van der Waals surface area contributed by atoms with E-state index in [4.69, 9.17) is 21.7 Å². The van der Waals surface area contributed by atoms with Gasteiger partial charge in [-0.2, -0.15) is 0 Å². The van der Waals surface area contributed by atoms with E-state index in [2.05, 4.69) is 5.32 Å². The minimum Gasteiger partial charge on any atom is -0.497 e. The first-order chi connectivity index (χ1) is 11.6. The number of hydrogen-bond donors (Lipinski definition) is 1. The number of amides is 1. The second kappa shape index (κ2) is 6.72. The van der Waals surface area contributed by atoms with Gasteiger partial charge >= 0.3 is 0 Å². The summed E-state index contributed by atoms with van der Waals surface area (Å²) in [5, 5.41) is 3.31. The van der Waals surface area contributed by atoms with Gasteiger partial charge in [-0.25, -0.2) is 0 Å². The number of rotatable bonds is 4. The van der Waals surface area contributed by atoms with Crippen LogP contribution in [0.3, 0.4) is 0 Å². The van der Waals surface area contributed by atoms with E-state index in [0.29, 0.717) is 22.3 Å². The van der Waals surface area contributed by atoms with Gasteiger partial charge in [-0.1, -0.05) is 18.2 Å². The third kappa shape index (κ3) is 2.96. The van der Waals surface area contributed by atoms with Crippen molar-refractivity contribution >= 4 is 35.0 Å². The van der Waals surface area contributed by atoms with Crippen LogP contribution in [0.2, 0.25) is 0 Å². The molecule has 1 heterocycles. The zero-order valence-electron chi connectivity index (χ0n) is 13.3. The van der Waals surface area contributed by atoms with Crippen LogP contribution in [0, 0.1) is 0 Å². The molecule has 0 atom stereocenters. The molecular formula is C18H16N2O3S. The van der Waals surface area contributed by atoms with Crippen molar-refractivity contribution in [3.05, 3.63) is 59.8 Å². The van der Waals surface area contributed by atoms with Crippen LogP contribution < -0.4 is 19.7 Å². The fraction of sp³-hybridized carbons (Fsp3) is 0.111. The lowest BCUT2D eigenvalue weighted by atomic mass is 10.1. The molecule has 122 valence electrons. The number of para-hydroxylation sites is 1. The van der Waals surface area contributed by atoms with E-state index in [0.717, 1.165) is 11.3 Å². The van der Waals surface area contributed by atoms with Gasteiger partial charge in [-0.05, 0) is 42.6 Å². The summed E-state index contributed by atoms with van der Waals surface area (Å²) in [6.45, 7) is 0. The predicted octanol–water partition coefficient (Wildman–Crippen LogP) is 2.97. The molecule has 5 nitrogen and oxygen atoms in total. The van der Waals surface area contributed by atoms with Crippen molar-refractivity contribution in [1.82, 2.24) is 5.32 Å². The molecule has 0 radical (unpaired) electrons. The standard InChI is InChI=1S/C18H16N2O3S/c1-22-14-9-8-12(16(11-14)23-2)10-15-17(21)20(18(24)19-15)13-6-4-3-5-7-13/h3-11H,1-2H3,(H,19,24). The third-order valence-corrected chi connectivity index (χ3v) is 3.92. The quantitative estimate of drug-likeness (QED) is 0.685. The Morgan fingerprint density at radius 3 is 2.50 bits per heavy atom. The van der Waals surface area contributed by atoms with Gasteiger partial charge in [0, 0.05) is 11.6 Å². The summed E-state index contributed by atoms with van der Waals surface area (Å²) in [5.41, 5.74) is 1.88. The van der Waals surface area contributed by atoms with Crippen LogP contribution >= 0.6 is 12.2 Å². The normalized spacial score (nSPS) is 15.6. The zero-order chi connectivity index (χ0) is 17.1. The maximum absolute atomic E-state index is 12.7. The first kappa shape index (κ1) is 16.0. The molecule has 1 amide bonds. The van der Waals surface area contributed by atoms with Crippen molar-refractivity contribution in [2.75, 3.05) is 19.1 Å². The first-order valence-electron chi connectivity index (χ1n) is 7.28. The summed E-state index contributed by atoms with van der Waals surface area (Å²) in [6.07, 6.45) is 1.72. The Kier molecular flexibility index (Phi) is 4.48. The fourth-order valence-corrected chi connectivity index (χ4v) is 2.74. The molecule has 0 bridgehead atoms.